The highest BCUT2D eigenvalue weighted by Crippen LogP contribution is 2.29. The van der Waals surface area contributed by atoms with Gasteiger partial charge in [-0.25, -0.2) is 4.98 Å². The highest BCUT2D eigenvalue weighted by Gasteiger charge is 2.31. The number of aromatic nitrogens is 2. The molecule has 2 heterocycles. The Labute approximate surface area is 102 Å². The highest BCUT2D eigenvalue weighted by molar-refractivity contribution is 5.45. The number of rotatable bonds is 3. The van der Waals surface area contributed by atoms with Gasteiger partial charge in [0.05, 0.1) is 11.3 Å². The predicted octanol–water partition coefficient (Wildman–Crippen LogP) is 2.55. The van der Waals surface area contributed by atoms with Crippen molar-refractivity contribution in [3.8, 4) is 0 Å². The number of nitrogens with two attached hydrogens (primary N) is 1. The Bertz CT molecular complexity index is 557. The molecule has 2 N–H and O–H groups in total. The average Bonchev–Trinajstić information content (AvgIpc) is 2.60. The van der Waals surface area contributed by atoms with Crippen molar-refractivity contribution in [2.75, 3.05) is 6.54 Å². The summed E-state index contributed by atoms with van der Waals surface area (Å²) in [6, 6.07) is 2.44. The van der Waals surface area contributed by atoms with Gasteiger partial charge in [-0.3, -0.25) is 0 Å². The molecule has 2 rings (SSSR count). The molecule has 0 unspecified atom stereocenters. The van der Waals surface area contributed by atoms with E-state index in [0.717, 1.165) is 30.1 Å². The fourth-order valence-electron chi connectivity index (χ4n) is 1.95. The lowest BCUT2D eigenvalue weighted by atomic mass is 10.2. The minimum Gasteiger partial charge on any atom is -0.330 e. The third-order valence-corrected chi connectivity index (χ3v) is 2.86. The summed E-state index contributed by atoms with van der Waals surface area (Å²) in [6.07, 6.45) is -1.88. The summed E-state index contributed by atoms with van der Waals surface area (Å²) >= 11 is 0. The molecule has 0 bridgehead atoms. The first kappa shape index (κ1) is 12.9. The quantitative estimate of drug-likeness (QED) is 0.918. The van der Waals surface area contributed by atoms with Crippen LogP contribution in [0, 0.1) is 6.92 Å². The monoisotopic (exact) mass is 257 g/mol. The van der Waals surface area contributed by atoms with Crippen LogP contribution in [-0.2, 0) is 12.6 Å². The molecule has 18 heavy (non-hydrogen) atoms. The van der Waals surface area contributed by atoms with Crippen molar-refractivity contribution in [1.29, 1.82) is 0 Å². The second kappa shape index (κ2) is 4.61. The molecule has 2 aromatic heterocycles. The molecule has 0 spiro atoms. The van der Waals surface area contributed by atoms with E-state index in [1.54, 1.807) is 6.92 Å². The summed E-state index contributed by atoms with van der Waals surface area (Å²) < 4.78 is 39.5. The normalized spacial score (nSPS) is 12.3. The largest absolute Gasteiger partial charge is 0.417 e. The van der Waals surface area contributed by atoms with Crippen molar-refractivity contribution in [2.24, 2.45) is 5.73 Å². The molecule has 0 fully saturated rings. The molecule has 98 valence electrons. The number of fused-ring (bicyclic) bond motifs is 1. The van der Waals surface area contributed by atoms with Gasteiger partial charge in [0.15, 0.2) is 0 Å². The fourth-order valence-corrected chi connectivity index (χ4v) is 1.95. The van der Waals surface area contributed by atoms with Gasteiger partial charge in [0.2, 0.25) is 0 Å². The number of alkyl halides is 3. The van der Waals surface area contributed by atoms with Crippen LogP contribution in [-0.4, -0.2) is 15.9 Å². The Kier molecular flexibility index (Phi) is 3.30. The van der Waals surface area contributed by atoms with Crippen molar-refractivity contribution in [3.63, 3.8) is 0 Å². The summed E-state index contributed by atoms with van der Waals surface area (Å²) in [5, 5.41) is 0. The lowest BCUT2D eigenvalue weighted by molar-refractivity contribution is -0.137. The second-order valence-electron chi connectivity index (χ2n) is 4.18. The maximum absolute atomic E-state index is 12.7. The third kappa shape index (κ3) is 2.33. The Hall–Kier alpha value is -1.56. The molecule has 0 radical (unpaired) electrons. The van der Waals surface area contributed by atoms with Crippen LogP contribution in [0.1, 0.15) is 23.4 Å². The van der Waals surface area contributed by atoms with Crippen LogP contribution in [0.2, 0.25) is 0 Å². The van der Waals surface area contributed by atoms with Crippen molar-refractivity contribution >= 4 is 5.65 Å². The molecule has 6 heteroatoms. The van der Waals surface area contributed by atoms with Crippen LogP contribution in [0.15, 0.2) is 18.3 Å². The van der Waals surface area contributed by atoms with Crippen LogP contribution in [0.5, 0.6) is 0 Å². The van der Waals surface area contributed by atoms with Crippen LogP contribution in [0.3, 0.4) is 0 Å². The average molecular weight is 257 g/mol. The summed E-state index contributed by atoms with van der Waals surface area (Å²) in [4.78, 5) is 4.24. The zero-order valence-electron chi connectivity index (χ0n) is 9.96. The number of hydrogen-bond acceptors (Lipinski definition) is 2. The number of nitrogens with zero attached hydrogens (tertiary/aromatic N) is 2. The minimum absolute atomic E-state index is 0.506. The molecule has 2 aromatic rings. The topological polar surface area (TPSA) is 43.3 Å². The van der Waals surface area contributed by atoms with E-state index < -0.39 is 11.7 Å². The molecule has 0 saturated heterocycles. The molecular weight excluding hydrogens is 243 g/mol. The first-order chi connectivity index (χ1) is 8.43. The molecule has 0 atom stereocenters. The van der Waals surface area contributed by atoms with Gasteiger partial charge in [-0.1, -0.05) is 0 Å². The minimum atomic E-state index is -4.34. The molecule has 0 aliphatic rings. The lowest BCUT2D eigenvalue weighted by Crippen LogP contribution is -2.08. The number of hydrogen-bond donors (Lipinski definition) is 1. The molecule has 3 nitrogen and oxygen atoms in total. The Morgan fingerprint density at radius 1 is 1.33 bits per heavy atom. The first-order valence-electron chi connectivity index (χ1n) is 5.68. The third-order valence-electron chi connectivity index (χ3n) is 2.86. The van der Waals surface area contributed by atoms with E-state index in [2.05, 4.69) is 4.98 Å². The summed E-state index contributed by atoms with van der Waals surface area (Å²) in [5.74, 6) is 0. The Morgan fingerprint density at radius 3 is 2.67 bits per heavy atom. The van der Waals surface area contributed by atoms with Crippen LogP contribution < -0.4 is 5.73 Å². The van der Waals surface area contributed by atoms with E-state index in [1.807, 2.05) is 0 Å². The summed E-state index contributed by atoms with van der Waals surface area (Å²) in [7, 11) is 0. The van der Waals surface area contributed by atoms with E-state index >= 15 is 0 Å². The fraction of sp³-hybridized carbons (Fsp3) is 0.417. The van der Waals surface area contributed by atoms with Crippen molar-refractivity contribution in [3.05, 3.63) is 35.3 Å². The first-order valence-corrected chi connectivity index (χ1v) is 5.68. The molecular formula is C12H14F3N3. The van der Waals surface area contributed by atoms with Crippen molar-refractivity contribution < 1.29 is 13.2 Å². The zero-order valence-corrected chi connectivity index (χ0v) is 9.96. The van der Waals surface area contributed by atoms with E-state index in [-0.39, 0.29) is 0 Å². The zero-order chi connectivity index (χ0) is 13.3. The van der Waals surface area contributed by atoms with Gasteiger partial charge in [-0.05, 0) is 38.4 Å². The van der Waals surface area contributed by atoms with Gasteiger partial charge in [0, 0.05) is 11.9 Å². The molecule has 0 aromatic carbocycles. The van der Waals surface area contributed by atoms with Crippen molar-refractivity contribution in [2.45, 2.75) is 25.9 Å². The standard InChI is InChI=1S/C12H14F3N3/c1-8-10(3-2-6-16)18-7-9(12(13,14)15)4-5-11(18)17-8/h4-5,7H,2-3,6,16H2,1H3. The van der Waals surface area contributed by atoms with Crippen molar-refractivity contribution in [1.82, 2.24) is 9.38 Å². The van der Waals surface area contributed by atoms with Gasteiger partial charge in [0.1, 0.15) is 5.65 Å². The summed E-state index contributed by atoms with van der Waals surface area (Å²) in [5.41, 5.74) is 6.84. The predicted molar refractivity (Wildman–Crippen MR) is 62.3 cm³/mol. The van der Waals surface area contributed by atoms with E-state index in [1.165, 1.54) is 10.5 Å². The Morgan fingerprint density at radius 2 is 2.06 bits per heavy atom. The van der Waals surface area contributed by atoms with Gasteiger partial charge >= 0.3 is 6.18 Å². The van der Waals surface area contributed by atoms with E-state index in [0.29, 0.717) is 18.6 Å². The second-order valence-corrected chi connectivity index (χ2v) is 4.18. The van der Waals surface area contributed by atoms with E-state index in [4.69, 9.17) is 5.73 Å². The van der Waals surface area contributed by atoms with Gasteiger partial charge in [-0.2, -0.15) is 13.2 Å². The van der Waals surface area contributed by atoms with Crippen LogP contribution >= 0.6 is 0 Å². The summed E-state index contributed by atoms with van der Waals surface area (Å²) in [6.45, 7) is 2.30. The van der Waals surface area contributed by atoms with Gasteiger partial charge < -0.3 is 10.1 Å². The molecule has 0 aliphatic carbocycles. The Balaban J connectivity index is 2.52. The lowest BCUT2D eigenvalue weighted by Gasteiger charge is -2.08. The molecule has 0 amide bonds. The molecule has 0 saturated carbocycles. The SMILES string of the molecule is Cc1nc2ccc(C(F)(F)F)cn2c1CCCN. The van der Waals surface area contributed by atoms with Crippen LogP contribution in [0.4, 0.5) is 13.2 Å². The number of aryl methyl sites for hydroxylation is 2. The van der Waals surface area contributed by atoms with E-state index in [9.17, 15) is 13.2 Å². The van der Waals surface area contributed by atoms with Gasteiger partial charge in [0.25, 0.3) is 0 Å². The number of halogens is 3. The van der Waals surface area contributed by atoms with Gasteiger partial charge in [-0.15, -0.1) is 0 Å². The maximum atomic E-state index is 12.7. The maximum Gasteiger partial charge on any atom is 0.417 e. The number of imidazole rings is 1. The smallest absolute Gasteiger partial charge is 0.330 e. The highest BCUT2D eigenvalue weighted by atomic mass is 19.4. The van der Waals surface area contributed by atoms with Crippen LogP contribution in [0.25, 0.3) is 5.65 Å². The molecule has 0 aliphatic heterocycles. The number of pyridine rings is 1.